The van der Waals surface area contributed by atoms with Gasteiger partial charge in [-0.05, 0) is 31.5 Å². The largest absolute Gasteiger partial charge is 0.469 e. The highest BCUT2D eigenvalue weighted by Gasteiger charge is 2.22. The van der Waals surface area contributed by atoms with Crippen LogP contribution in [0.25, 0.3) is 0 Å². The van der Waals surface area contributed by atoms with E-state index < -0.39 is 5.97 Å². The Morgan fingerprint density at radius 2 is 2.14 bits per heavy atom. The minimum absolute atomic E-state index is 0.252. The molecule has 1 amide bonds. The van der Waals surface area contributed by atoms with E-state index in [0.717, 1.165) is 5.76 Å². The summed E-state index contributed by atoms with van der Waals surface area (Å²) in [5, 5.41) is 2.79. The number of H-pyrrole nitrogens is 1. The second-order valence-electron chi connectivity index (χ2n) is 4.70. The number of hydrogen-bond donors (Lipinski definition) is 2. The van der Waals surface area contributed by atoms with E-state index in [1.807, 2.05) is 6.07 Å². The second-order valence-corrected chi connectivity index (χ2v) is 4.70. The summed E-state index contributed by atoms with van der Waals surface area (Å²) >= 11 is 0. The van der Waals surface area contributed by atoms with E-state index in [9.17, 15) is 9.59 Å². The molecule has 0 radical (unpaired) electrons. The summed E-state index contributed by atoms with van der Waals surface area (Å²) in [6.07, 6.45) is 2.21. The standard InChI is InChI=1S/C15H18N2O4/c1-9-12(15(19)20-3)10(2)17-13(9)14(18)16-7-6-11-5-4-8-21-11/h4-5,8,17H,6-7H2,1-3H3,(H,16,18). The van der Waals surface area contributed by atoms with Crippen molar-refractivity contribution in [2.75, 3.05) is 13.7 Å². The first-order chi connectivity index (χ1) is 10.0. The summed E-state index contributed by atoms with van der Waals surface area (Å²) < 4.78 is 9.91. The number of hydrogen-bond acceptors (Lipinski definition) is 4. The number of carbonyl (C=O) groups excluding carboxylic acids is 2. The molecule has 6 heteroatoms. The van der Waals surface area contributed by atoms with Gasteiger partial charge in [0.2, 0.25) is 0 Å². The van der Waals surface area contributed by atoms with Crippen molar-refractivity contribution in [3.05, 3.63) is 46.7 Å². The van der Waals surface area contributed by atoms with Gasteiger partial charge < -0.3 is 19.5 Å². The first-order valence-electron chi connectivity index (χ1n) is 6.62. The van der Waals surface area contributed by atoms with Crippen LogP contribution >= 0.6 is 0 Å². The highest BCUT2D eigenvalue weighted by Crippen LogP contribution is 2.18. The van der Waals surface area contributed by atoms with Crippen molar-refractivity contribution in [2.45, 2.75) is 20.3 Å². The minimum Gasteiger partial charge on any atom is -0.469 e. The quantitative estimate of drug-likeness (QED) is 0.825. The number of aromatic nitrogens is 1. The molecule has 2 heterocycles. The molecular weight excluding hydrogens is 272 g/mol. The Hall–Kier alpha value is -2.50. The molecule has 0 bridgehead atoms. The Kier molecular flexibility index (Phi) is 4.47. The second kappa shape index (κ2) is 6.30. The SMILES string of the molecule is COC(=O)c1c(C)[nH]c(C(=O)NCCc2ccco2)c1C. The number of furan rings is 1. The van der Waals surface area contributed by atoms with E-state index in [0.29, 0.717) is 35.5 Å². The van der Waals surface area contributed by atoms with Crippen molar-refractivity contribution >= 4 is 11.9 Å². The monoisotopic (exact) mass is 290 g/mol. The van der Waals surface area contributed by atoms with Gasteiger partial charge >= 0.3 is 5.97 Å². The van der Waals surface area contributed by atoms with Crippen LogP contribution in [-0.2, 0) is 11.2 Å². The molecule has 0 spiro atoms. The fourth-order valence-corrected chi connectivity index (χ4v) is 2.23. The topological polar surface area (TPSA) is 84.3 Å². The van der Waals surface area contributed by atoms with Crippen LogP contribution in [0, 0.1) is 13.8 Å². The number of ether oxygens (including phenoxy) is 1. The van der Waals surface area contributed by atoms with Gasteiger partial charge in [-0.15, -0.1) is 0 Å². The maximum Gasteiger partial charge on any atom is 0.339 e. The zero-order valence-electron chi connectivity index (χ0n) is 12.3. The van der Waals surface area contributed by atoms with Crippen LogP contribution in [0.15, 0.2) is 22.8 Å². The molecule has 0 fully saturated rings. The molecule has 0 aliphatic carbocycles. The lowest BCUT2D eigenvalue weighted by atomic mass is 10.1. The number of nitrogens with one attached hydrogen (secondary N) is 2. The van der Waals surface area contributed by atoms with E-state index in [2.05, 4.69) is 10.3 Å². The maximum absolute atomic E-state index is 12.1. The molecule has 6 nitrogen and oxygen atoms in total. The normalized spacial score (nSPS) is 10.4. The molecule has 0 aliphatic heterocycles. The Morgan fingerprint density at radius 3 is 2.76 bits per heavy atom. The van der Waals surface area contributed by atoms with Crippen LogP contribution in [0.1, 0.15) is 37.9 Å². The summed E-state index contributed by atoms with van der Waals surface area (Å²) in [5.41, 5.74) is 2.01. The van der Waals surface area contributed by atoms with Crippen LogP contribution in [0.5, 0.6) is 0 Å². The van der Waals surface area contributed by atoms with E-state index >= 15 is 0 Å². The average Bonchev–Trinajstić information content (AvgIpc) is 3.06. The summed E-state index contributed by atoms with van der Waals surface area (Å²) in [6.45, 7) is 3.91. The van der Waals surface area contributed by atoms with Crippen molar-refractivity contribution in [1.82, 2.24) is 10.3 Å². The van der Waals surface area contributed by atoms with Crippen molar-refractivity contribution in [3.8, 4) is 0 Å². The third-order valence-electron chi connectivity index (χ3n) is 3.29. The molecule has 0 aromatic carbocycles. The van der Waals surface area contributed by atoms with Gasteiger partial charge in [0.25, 0.3) is 5.91 Å². The lowest BCUT2D eigenvalue weighted by molar-refractivity contribution is 0.0599. The number of esters is 1. The molecule has 21 heavy (non-hydrogen) atoms. The fraction of sp³-hybridized carbons (Fsp3) is 0.333. The molecule has 2 rings (SSSR count). The number of aryl methyl sites for hydroxylation is 1. The van der Waals surface area contributed by atoms with Gasteiger partial charge in [-0.2, -0.15) is 0 Å². The predicted octanol–water partition coefficient (Wildman–Crippen LogP) is 1.98. The van der Waals surface area contributed by atoms with Gasteiger partial charge in [0.05, 0.1) is 18.9 Å². The molecule has 2 N–H and O–H groups in total. The van der Waals surface area contributed by atoms with Crippen LogP contribution in [0.4, 0.5) is 0 Å². The summed E-state index contributed by atoms with van der Waals surface area (Å²) in [4.78, 5) is 26.8. The molecule has 0 saturated carbocycles. The molecule has 0 atom stereocenters. The molecule has 2 aromatic rings. The molecule has 0 aliphatic rings. The predicted molar refractivity (Wildman–Crippen MR) is 76.4 cm³/mol. The number of methoxy groups -OCH3 is 1. The summed E-state index contributed by atoms with van der Waals surface area (Å²) in [5.74, 6) is 0.109. The fourth-order valence-electron chi connectivity index (χ4n) is 2.23. The van der Waals surface area contributed by atoms with Crippen LogP contribution in [-0.4, -0.2) is 30.5 Å². The van der Waals surface area contributed by atoms with E-state index in [1.54, 1.807) is 26.2 Å². The van der Waals surface area contributed by atoms with Gasteiger partial charge in [0.1, 0.15) is 11.5 Å². The van der Waals surface area contributed by atoms with Crippen LogP contribution < -0.4 is 5.32 Å². The van der Waals surface area contributed by atoms with Gasteiger partial charge in [0.15, 0.2) is 0 Å². The number of carbonyl (C=O) groups is 2. The van der Waals surface area contributed by atoms with Gasteiger partial charge in [-0.1, -0.05) is 0 Å². The Bertz CT molecular complexity index is 641. The smallest absolute Gasteiger partial charge is 0.339 e. The molecule has 0 saturated heterocycles. The van der Waals surface area contributed by atoms with Gasteiger partial charge in [-0.3, -0.25) is 4.79 Å². The summed E-state index contributed by atoms with van der Waals surface area (Å²) in [6, 6.07) is 3.66. The molecule has 112 valence electrons. The van der Waals surface area contributed by atoms with E-state index in [1.165, 1.54) is 7.11 Å². The first-order valence-corrected chi connectivity index (χ1v) is 6.62. The highest BCUT2D eigenvalue weighted by atomic mass is 16.5. The van der Waals surface area contributed by atoms with Crippen molar-refractivity contribution < 1.29 is 18.7 Å². The maximum atomic E-state index is 12.1. The zero-order valence-corrected chi connectivity index (χ0v) is 12.3. The van der Waals surface area contributed by atoms with Gasteiger partial charge in [-0.25, -0.2) is 4.79 Å². The Balaban J connectivity index is 2.04. The average molecular weight is 290 g/mol. The molecule has 0 unspecified atom stereocenters. The first kappa shape index (κ1) is 14.9. The molecular formula is C15H18N2O4. The van der Waals surface area contributed by atoms with E-state index in [4.69, 9.17) is 9.15 Å². The Morgan fingerprint density at radius 1 is 1.38 bits per heavy atom. The Labute approximate surface area is 122 Å². The number of rotatable bonds is 5. The number of aromatic amines is 1. The lowest BCUT2D eigenvalue weighted by Crippen LogP contribution is -2.26. The third-order valence-corrected chi connectivity index (χ3v) is 3.29. The molecule has 2 aromatic heterocycles. The summed E-state index contributed by atoms with van der Waals surface area (Å²) in [7, 11) is 1.32. The minimum atomic E-state index is -0.448. The van der Waals surface area contributed by atoms with Gasteiger partial charge in [0, 0.05) is 18.7 Å². The zero-order chi connectivity index (χ0) is 15.4. The van der Waals surface area contributed by atoms with Crippen LogP contribution in [0.3, 0.4) is 0 Å². The van der Waals surface area contributed by atoms with Crippen molar-refractivity contribution in [3.63, 3.8) is 0 Å². The van der Waals surface area contributed by atoms with Crippen molar-refractivity contribution in [2.24, 2.45) is 0 Å². The van der Waals surface area contributed by atoms with Crippen LogP contribution in [0.2, 0.25) is 0 Å². The van der Waals surface area contributed by atoms with E-state index in [-0.39, 0.29) is 5.91 Å². The highest BCUT2D eigenvalue weighted by molar-refractivity contribution is 6.00. The third kappa shape index (κ3) is 3.16. The lowest BCUT2D eigenvalue weighted by Gasteiger charge is -2.04. The number of amides is 1. The van der Waals surface area contributed by atoms with Crippen molar-refractivity contribution in [1.29, 1.82) is 0 Å².